The number of nitrogens with two attached hydrogens (primary N) is 1. The molecule has 10 unspecified atom stereocenters. The van der Waals surface area contributed by atoms with Crippen LogP contribution in [-0.4, -0.2) is 263 Å². The van der Waals surface area contributed by atoms with Crippen molar-refractivity contribution >= 4 is 116 Å². The van der Waals surface area contributed by atoms with Crippen LogP contribution in [0.5, 0.6) is 0 Å². The van der Waals surface area contributed by atoms with Gasteiger partial charge >= 0.3 is 11.9 Å². The van der Waals surface area contributed by atoms with Gasteiger partial charge in [-0.1, -0.05) is 91.8 Å². The number of likely N-dealkylation sites (N-methyl/N-ethyl adjacent to an activating group) is 5. The summed E-state index contributed by atoms with van der Waals surface area (Å²) < 4.78 is 18.3. The Kier molecular flexibility index (Phi) is 26.9. The fourth-order valence-corrected chi connectivity index (χ4v) is 14.8. The van der Waals surface area contributed by atoms with Crippen molar-refractivity contribution in [3.63, 3.8) is 0 Å². The number of nitrogens with zero attached hydrogens (tertiary/aromatic N) is 9. The molecule has 10 atom stereocenters. The number of hydrogen-bond donors (Lipinski definition) is 6. The van der Waals surface area contributed by atoms with Crippen molar-refractivity contribution in [3.8, 4) is 11.5 Å². The summed E-state index contributed by atoms with van der Waals surface area (Å²) in [7, 11) is 9.55. The van der Waals surface area contributed by atoms with Crippen LogP contribution in [0.25, 0.3) is 44.4 Å². The fraction of sp³-hybridized carbons (Fsp3) is 0.525. The number of benzene rings is 4. The molecule has 10 rings (SSSR count). The first-order valence-corrected chi connectivity index (χ1v) is 37.9. The van der Waals surface area contributed by atoms with Crippen LogP contribution >= 0.6 is 0 Å². The number of ether oxygens (including phenoxy) is 2. The summed E-state index contributed by atoms with van der Waals surface area (Å²) in [6.45, 7) is 19.8. The van der Waals surface area contributed by atoms with E-state index in [2.05, 4.69) is 37.6 Å². The smallest absolute Gasteiger partial charge is 0.329 e. The van der Waals surface area contributed by atoms with E-state index in [1.54, 1.807) is 62.3 Å². The van der Waals surface area contributed by atoms with E-state index in [9.17, 15) is 57.5 Å². The van der Waals surface area contributed by atoms with E-state index in [4.69, 9.17) is 24.6 Å². The zero-order valence-corrected chi connectivity index (χ0v) is 67.0. The second kappa shape index (κ2) is 35.5. The van der Waals surface area contributed by atoms with Crippen molar-refractivity contribution in [2.24, 2.45) is 23.7 Å². The number of anilines is 1. The van der Waals surface area contributed by atoms with Gasteiger partial charge in [-0.05, 0) is 121 Å². The van der Waals surface area contributed by atoms with Gasteiger partial charge in [0.1, 0.15) is 71.8 Å². The van der Waals surface area contributed by atoms with Gasteiger partial charge in [-0.15, -0.1) is 0 Å². The van der Waals surface area contributed by atoms with Crippen molar-refractivity contribution in [2.45, 2.75) is 169 Å². The van der Waals surface area contributed by atoms with Crippen LogP contribution in [-0.2, 0) is 57.4 Å². The largest absolute Gasteiger partial charge is 0.458 e. The van der Waals surface area contributed by atoms with Crippen LogP contribution in [0.4, 0.5) is 5.69 Å². The van der Waals surface area contributed by atoms with E-state index >= 15 is 9.59 Å². The molecule has 32 nitrogen and oxygen atoms in total. The predicted octanol–water partition coefficient (Wildman–Crippen LogP) is 3.41. The lowest BCUT2D eigenvalue weighted by Gasteiger charge is -2.36. The monoisotopic (exact) mass is 1550 g/mol. The highest BCUT2D eigenvalue weighted by Crippen LogP contribution is 2.36. The van der Waals surface area contributed by atoms with Crippen molar-refractivity contribution in [2.75, 3.05) is 87.3 Å². The third kappa shape index (κ3) is 18.1. The van der Waals surface area contributed by atoms with E-state index in [0.29, 0.717) is 30.5 Å². The topological polar surface area (TPSA) is 405 Å². The molecule has 1 aromatic heterocycles. The first kappa shape index (κ1) is 84.8. The number of amides is 11. The molecule has 6 aliphatic rings. The zero-order chi connectivity index (χ0) is 82.5. The normalized spacial score (nSPS) is 23.3. The van der Waals surface area contributed by atoms with Crippen molar-refractivity contribution in [1.29, 1.82) is 0 Å². The Morgan fingerprint density at radius 1 is 0.589 bits per heavy atom. The summed E-state index contributed by atoms with van der Waals surface area (Å²) in [5.41, 5.74) is 5.85. The number of carbonyl (C=O) groups excluding carboxylic acids is 13. The average molecular weight is 1550 g/mol. The molecule has 112 heavy (non-hydrogen) atoms. The molecule has 6 heterocycles. The quantitative estimate of drug-likeness (QED) is 0.0581. The molecule has 32 heteroatoms. The summed E-state index contributed by atoms with van der Waals surface area (Å²) in [4.78, 5) is 218. The predicted molar refractivity (Wildman–Crippen MR) is 416 cm³/mol. The summed E-state index contributed by atoms with van der Waals surface area (Å²) >= 11 is 0. The molecule has 7 N–H and O–H groups in total. The highest BCUT2D eigenvalue weighted by molar-refractivity contribution is 6.11. The maximum absolute atomic E-state index is 15.2. The SMILES string of the molecule is CN(C)CCNC(=O)c1cccc2cc3ccccc3nc12.Cc1c2oc3c(C)ccc(C(=O)NC4C(=O)NC(C(C)C)C(=O)N5CCCC5C(=O)N(C)CC(=O)N(C)C(C(C)C)C(=O)OC4C)c3nc-2c(C(=O)NC2C(=O)NC(C(C)C)C(=O)N3CCCC3C(=O)N(C)CC(=O)N(C)C(C(C)C)C(=O)OC2C)c(N)c1=O. The standard InChI is InChI=1S/C62H86N12O16.C18H19N3O/c1-27(2)42-59(84)73-23-17-19-36(73)57(82)69(13)25-38(75)71(15)48(29(5)6)61(86)88-33(11)44(55(80)65-42)67-53(78)35-22-21-31(9)51-46(35)64-47-40(41(63)50(77)32(10)52(47)90-51)54(79)68-45-34(12)89-62(87)49(30(7)8)72(16)39(76)26-70(14)58(83)37-20-18-24-74(37)60(85)43(28(3)4)66-56(45)81;1-21(2)11-10-19-18(22)15-8-5-7-14-12-13-6-3-4-9-16(13)20-17(14)15/h21-22,27-30,33-34,36-37,42-45,48-49H,17-20,23-26,63H2,1-16H3,(H,65,80)(H,66,81)(H,67,78)(H,68,79);3-9,12H,10-11H2,1-2H3,(H,19,22). The van der Waals surface area contributed by atoms with Gasteiger partial charge in [0.25, 0.3) is 17.7 Å². The number of cyclic esters (lactones) is 2. The molecule has 4 saturated heterocycles. The number of nitrogen functional groups attached to an aromatic ring is 1. The number of fused-ring (bicyclic) bond motifs is 6. The van der Waals surface area contributed by atoms with E-state index < -0.39 is 191 Å². The number of rotatable bonds is 12. The number of aromatic nitrogens is 2. The first-order chi connectivity index (χ1) is 52.7. The molecule has 3 aromatic carbocycles. The number of para-hydroxylation sites is 2. The molecule has 4 aromatic rings. The fourth-order valence-electron chi connectivity index (χ4n) is 14.8. The van der Waals surface area contributed by atoms with Gasteiger partial charge < -0.3 is 80.5 Å². The van der Waals surface area contributed by atoms with Gasteiger partial charge in [0.2, 0.25) is 52.7 Å². The molecule has 602 valence electrons. The van der Waals surface area contributed by atoms with Gasteiger partial charge in [-0.2, -0.15) is 0 Å². The lowest BCUT2D eigenvalue weighted by Crippen LogP contribution is -2.61. The molecule has 5 aliphatic heterocycles. The van der Waals surface area contributed by atoms with E-state index in [1.807, 2.05) is 61.5 Å². The Bertz CT molecular complexity index is 4710. The number of nitrogens with one attached hydrogen (secondary N) is 5. The minimum absolute atomic E-state index is 0.0739. The molecule has 4 fully saturated rings. The van der Waals surface area contributed by atoms with Gasteiger partial charge in [0.15, 0.2) is 11.3 Å². The van der Waals surface area contributed by atoms with Crippen molar-refractivity contribution in [3.05, 3.63) is 98.7 Å². The van der Waals surface area contributed by atoms with E-state index in [0.717, 1.165) is 38.2 Å². The molecular formula is C80H105N15O17. The molecule has 1 aliphatic carbocycles. The van der Waals surface area contributed by atoms with Gasteiger partial charge in [0.05, 0.1) is 46.5 Å². The summed E-state index contributed by atoms with van der Waals surface area (Å²) in [6, 6.07) is 7.85. The maximum Gasteiger partial charge on any atom is 0.329 e. The Morgan fingerprint density at radius 2 is 1.07 bits per heavy atom. The van der Waals surface area contributed by atoms with Crippen LogP contribution in [0.15, 0.2) is 69.9 Å². The molecule has 0 radical (unpaired) electrons. The van der Waals surface area contributed by atoms with Gasteiger partial charge in [-0.25, -0.2) is 19.6 Å². The summed E-state index contributed by atoms with van der Waals surface area (Å²) in [6.07, 6.45) is -1.65. The second-order valence-electron chi connectivity index (χ2n) is 31.2. The lowest BCUT2D eigenvalue weighted by atomic mass is 9.98. The van der Waals surface area contributed by atoms with Crippen LogP contribution < -0.4 is 37.7 Å². The van der Waals surface area contributed by atoms with Crippen LogP contribution in [0, 0.1) is 37.5 Å². The Labute approximate surface area is 650 Å². The molecule has 0 saturated carbocycles. The number of esters is 2. The number of pyridine rings is 1. The number of carbonyl (C=O) groups is 13. The number of hydrogen-bond acceptors (Lipinski definition) is 21. The Morgan fingerprint density at radius 3 is 1.56 bits per heavy atom. The van der Waals surface area contributed by atoms with Crippen molar-refractivity contribution < 1.29 is 76.2 Å². The van der Waals surface area contributed by atoms with Gasteiger partial charge in [-0.3, -0.25) is 57.5 Å². The second-order valence-corrected chi connectivity index (χ2v) is 31.2. The summed E-state index contributed by atoms with van der Waals surface area (Å²) in [5, 5.41) is 15.7. The summed E-state index contributed by atoms with van der Waals surface area (Å²) in [5.74, 6) is -12.4. The third-order valence-electron chi connectivity index (χ3n) is 21.2. The zero-order valence-electron chi connectivity index (χ0n) is 67.0. The average Bonchev–Trinajstić information content (AvgIpc) is 0.880. The Balaban J connectivity index is 0.000000556. The number of aryl methyl sites for hydroxylation is 1. The molecule has 11 amide bonds. The minimum Gasteiger partial charge on any atom is -0.458 e. The minimum atomic E-state index is -1.88. The third-order valence-corrected chi connectivity index (χ3v) is 21.2. The van der Waals surface area contributed by atoms with E-state index in [-0.39, 0.29) is 59.8 Å². The lowest BCUT2D eigenvalue weighted by molar-refractivity contribution is -0.163. The molecule has 0 spiro atoms. The van der Waals surface area contributed by atoms with Crippen LogP contribution in [0.2, 0.25) is 0 Å². The molecular weight excluding hydrogens is 1440 g/mol. The first-order valence-electron chi connectivity index (χ1n) is 37.9. The van der Waals surface area contributed by atoms with E-state index in [1.165, 1.54) is 80.7 Å². The Hall–Kier alpha value is -11.2. The maximum atomic E-state index is 15.2. The molecule has 0 bridgehead atoms. The van der Waals surface area contributed by atoms with Crippen LogP contribution in [0.1, 0.15) is 137 Å². The van der Waals surface area contributed by atoms with Crippen LogP contribution in [0.3, 0.4) is 0 Å². The highest BCUT2D eigenvalue weighted by Gasteiger charge is 2.47. The van der Waals surface area contributed by atoms with Crippen molar-refractivity contribution in [1.82, 2.24) is 70.9 Å². The highest BCUT2D eigenvalue weighted by atomic mass is 16.6. The van der Waals surface area contributed by atoms with Gasteiger partial charge in [0, 0.05) is 70.7 Å².